The van der Waals surface area contributed by atoms with Crippen LogP contribution in [0.1, 0.15) is 145 Å². The first-order valence-corrected chi connectivity index (χ1v) is 15.0. The van der Waals surface area contributed by atoms with Gasteiger partial charge in [-0.25, -0.2) is 0 Å². The van der Waals surface area contributed by atoms with Crippen LogP contribution in [0.5, 0.6) is 0 Å². The van der Waals surface area contributed by atoms with Crippen molar-refractivity contribution in [2.45, 2.75) is 143 Å². The molecule has 2 bridgehead atoms. The van der Waals surface area contributed by atoms with Gasteiger partial charge in [0.15, 0.2) is 0 Å². The van der Waals surface area contributed by atoms with Crippen LogP contribution in [0.3, 0.4) is 0 Å². The summed E-state index contributed by atoms with van der Waals surface area (Å²) in [6.07, 6.45) is 25.8. The molecule has 0 aliphatic heterocycles. The highest BCUT2D eigenvalue weighted by Crippen LogP contribution is 2.51. The molecule has 0 amide bonds. The van der Waals surface area contributed by atoms with Gasteiger partial charge in [-0.3, -0.25) is 0 Å². The molecule has 0 heterocycles. The fourth-order valence-corrected chi connectivity index (χ4v) is 7.03. The maximum absolute atomic E-state index is 2.72. The summed E-state index contributed by atoms with van der Waals surface area (Å²) in [5.74, 6) is 0.536. The molecule has 0 spiro atoms. The van der Waals surface area contributed by atoms with Gasteiger partial charge in [0.1, 0.15) is 0 Å². The molecule has 0 N–H and O–H groups in total. The van der Waals surface area contributed by atoms with Crippen molar-refractivity contribution in [3.05, 3.63) is 70.3 Å². The molecule has 2 aliphatic carbocycles. The average Bonchev–Trinajstić information content (AvgIpc) is 3.01. The fraction of sp³-hybridized carbons (Fsp3) is 0.611. The zero-order valence-electron chi connectivity index (χ0n) is 23.2. The SMILES string of the molecule is C.CCCCCCCCC1(CCCCCCCC)C=CC2Cc3c(ccc(C)c31)-c1ccc(C)cc12. The van der Waals surface area contributed by atoms with E-state index in [4.69, 9.17) is 0 Å². The lowest BCUT2D eigenvalue weighted by Gasteiger charge is -2.36. The van der Waals surface area contributed by atoms with Crippen molar-refractivity contribution in [3.8, 4) is 11.1 Å². The van der Waals surface area contributed by atoms with Gasteiger partial charge in [-0.2, -0.15) is 0 Å². The molecule has 0 heteroatoms. The minimum atomic E-state index is 0. The van der Waals surface area contributed by atoms with E-state index < -0.39 is 0 Å². The smallest absolute Gasteiger partial charge is 0.0138 e. The molecule has 198 valence electrons. The largest absolute Gasteiger partial charge is 0.0798 e. The molecule has 0 radical (unpaired) electrons. The third kappa shape index (κ3) is 6.35. The molecule has 0 saturated heterocycles. The minimum Gasteiger partial charge on any atom is -0.0798 e. The van der Waals surface area contributed by atoms with Crippen LogP contribution in [0.4, 0.5) is 0 Å². The van der Waals surface area contributed by atoms with Crippen molar-refractivity contribution in [2.75, 3.05) is 0 Å². The first-order valence-electron chi connectivity index (χ1n) is 15.0. The zero-order chi connectivity index (χ0) is 24.7. The van der Waals surface area contributed by atoms with E-state index in [0.29, 0.717) is 5.92 Å². The second kappa shape index (κ2) is 13.6. The molecule has 2 aromatic rings. The van der Waals surface area contributed by atoms with E-state index >= 15 is 0 Å². The first-order chi connectivity index (χ1) is 17.1. The van der Waals surface area contributed by atoms with Crippen molar-refractivity contribution in [3.63, 3.8) is 0 Å². The lowest BCUT2D eigenvalue weighted by atomic mass is 9.68. The molecule has 0 saturated carbocycles. The number of aryl methyl sites for hydroxylation is 2. The summed E-state index contributed by atoms with van der Waals surface area (Å²) in [5.41, 5.74) is 11.1. The van der Waals surface area contributed by atoms with Crippen LogP contribution in [0.25, 0.3) is 11.1 Å². The molecule has 2 aliphatic rings. The lowest BCUT2D eigenvalue weighted by molar-refractivity contribution is 0.400. The molecule has 0 fully saturated rings. The third-order valence-electron chi connectivity index (χ3n) is 8.94. The monoisotopic (exact) mass is 486 g/mol. The van der Waals surface area contributed by atoms with Crippen LogP contribution in [0.2, 0.25) is 0 Å². The number of unbranched alkanes of at least 4 members (excludes halogenated alkanes) is 10. The van der Waals surface area contributed by atoms with Crippen molar-refractivity contribution in [1.29, 1.82) is 0 Å². The van der Waals surface area contributed by atoms with Crippen LogP contribution < -0.4 is 0 Å². The molecule has 1 atom stereocenters. The predicted octanol–water partition coefficient (Wildman–Crippen LogP) is 11.6. The van der Waals surface area contributed by atoms with E-state index in [0.717, 1.165) is 0 Å². The lowest BCUT2D eigenvalue weighted by Crippen LogP contribution is -2.27. The molecular formula is C36H54. The number of hydrogen-bond donors (Lipinski definition) is 0. The number of benzene rings is 2. The highest BCUT2D eigenvalue weighted by molar-refractivity contribution is 5.78. The maximum atomic E-state index is 2.72. The van der Waals surface area contributed by atoms with Gasteiger partial charge in [-0.05, 0) is 66.5 Å². The zero-order valence-corrected chi connectivity index (χ0v) is 23.2. The van der Waals surface area contributed by atoms with Crippen molar-refractivity contribution >= 4 is 0 Å². The normalized spacial score (nSPS) is 16.8. The average molecular weight is 487 g/mol. The Labute approximate surface area is 224 Å². The number of hydrogen-bond acceptors (Lipinski definition) is 0. The van der Waals surface area contributed by atoms with Crippen molar-refractivity contribution < 1.29 is 0 Å². The molecule has 2 aromatic carbocycles. The Kier molecular flexibility index (Phi) is 10.9. The summed E-state index contributed by atoms with van der Waals surface area (Å²) in [6, 6.07) is 12.0. The summed E-state index contributed by atoms with van der Waals surface area (Å²) in [7, 11) is 0. The van der Waals surface area contributed by atoms with Gasteiger partial charge in [0.25, 0.3) is 0 Å². The second-order valence-corrected chi connectivity index (χ2v) is 11.7. The highest BCUT2D eigenvalue weighted by Gasteiger charge is 2.38. The fourth-order valence-electron chi connectivity index (χ4n) is 7.03. The van der Waals surface area contributed by atoms with E-state index in [1.54, 1.807) is 16.7 Å². The third-order valence-corrected chi connectivity index (χ3v) is 8.94. The van der Waals surface area contributed by atoms with E-state index in [-0.39, 0.29) is 12.8 Å². The van der Waals surface area contributed by atoms with Gasteiger partial charge in [-0.15, -0.1) is 0 Å². The molecule has 0 aromatic heterocycles. The Morgan fingerprint density at radius 2 is 1.31 bits per heavy atom. The Bertz CT molecular complexity index is 975. The van der Waals surface area contributed by atoms with Crippen LogP contribution in [0, 0.1) is 13.8 Å². The quantitative estimate of drug-likeness (QED) is 0.184. The number of fused-ring (bicyclic) bond motifs is 4. The summed E-state index contributed by atoms with van der Waals surface area (Å²) in [4.78, 5) is 0. The Balaban J connectivity index is 0.00000361. The predicted molar refractivity (Wildman–Crippen MR) is 161 cm³/mol. The minimum absolute atomic E-state index is 0. The summed E-state index contributed by atoms with van der Waals surface area (Å²) in [5, 5.41) is 0. The van der Waals surface area contributed by atoms with Gasteiger partial charge in [-0.1, -0.05) is 146 Å². The van der Waals surface area contributed by atoms with E-state index in [1.807, 2.05) is 0 Å². The molecule has 4 rings (SSSR count). The second-order valence-electron chi connectivity index (χ2n) is 11.7. The van der Waals surface area contributed by atoms with Crippen LogP contribution >= 0.6 is 0 Å². The Morgan fingerprint density at radius 1 is 0.722 bits per heavy atom. The first kappa shape index (κ1) is 28.7. The van der Waals surface area contributed by atoms with Crippen LogP contribution in [-0.4, -0.2) is 0 Å². The van der Waals surface area contributed by atoms with Gasteiger partial charge < -0.3 is 0 Å². The number of rotatable bonds is 14. The van der Waals surface area contributed by atoms with E-state index in [2.05, 4.69) is 70.2 Å². The highest BCUT2D eigenvalue weighted by atomic mass is 14.4. The van der Waals surface area contributed by atoms with E-state index in [1.165, 1.54) is 119 Å². The van der Waals surface area contributed by atoms with Crippen molar-refractivity contribution in [2.24, 2.45) is 0 Å². The standard InChI is InChI=1S/C35H50.CH4/c1-5-7-9-11-13-15-22-35(23-16-14-12-10-8-6-2)24-21-29-26-33-31(20-18-28(4)34(33)35)30-19-17-27(3)25-32(29)30;/h17-21,24-25,29H,5-16,22-23,26H2,1-4H3;1H4. The van der Waals surface area contributed by atoms with Crippen molar-refractivity contribution in [1.82, 2.24) is 0 Å². The Morgan fingerprint density at radius 3 is 1.94 bits per heavy atom. The Hall–Kier alpha value is -1.82. The maximum Gasteiger partial charge on any atom is 0.0138 e. The molecular weight excluding hydrogens is 432 g/mol. The summed E-state index contributed by atoms with van der Waals surface area (Å²) < 4.78 is 0. The number of allylic oxidation sites excluding steroid dienone is 2. The van der Waals surface area contributed by atoms with Gasteiger partial charge in [0.2, 0.25) is 0 Å². The van der Waals surface area contributed by atoms with Crippen LogP contribution in [0.15, 0.2) is 42.5 Å². The van der Waals surface area contributed by atoms with Crippen LogP contribution in [-0.2, 0) is 11.8 Å². The van der Waals surface area contributed by atoms with Gasteiger partial charge in [0, 0.05) is 11.3 Å². The topological polar surface area (TPSA) is 0 Å². The summed E-state index contributed by atoms with van der Waals surface area (Å²) in [6.45, 7) is 9.28. The van der Waals surface area contributed by atoms with E-state index in [9.17, 15) is 0 Å². The summed E-state index contributed by atoms with van der Waals surface area (Å²) >= 11 is 0. The molecule has 1 unspecified atom stereocenters. The van der Waals surface area contributed by atoms with Gasteiger partial charge in [0.05, 0.1) is 0 Å². The molecule has 0 nitrogen and oxygen atoms in total. The molecule has 36 heavy (non-hydrogen) atoms. The van der Waals surface area contributed by atoms with Gasteiger partial charge >= 0.3 is 0 Å².